The van der Waals surface area contributed by atoms with Gasteiger partial charge in [-0.3, -0.25) is 0 Å². The predicted molar refractivity (Wildman–Crippen MR) is 95.5 cm³/mol. The maximum atomic E-state index is 6.62. The van der Waals surface area contributed by atoms with Crippen LogP contribution in [0, 0.1) is 34.5 Å². The Balaban J connectivity index is 1.59. The molecule has 0 amide bonds. The molecule has 1 saturated heterocycles. The third-order valence-corrected chi connectivity index (χ3v) is 8.77. The average molecular weight is 331 g/mol. The molecule has 0 N–H and O–H groups in total. The molecule has 0 aromatic rings. The quantitative estimate of drug-likeness (QED) is 0.559. The minimum absolute atomic E-state index is 0.325. The van der Waals surface area contributed by atoms with Crippen molar-refractivity contribution >= 4 is 0 Å². The summed E-state index contributed by atoms with van der Waals surface area (Å²) in [6.45, 7) is 9.39. The number of allylic oxidation sites excluding steroid dienone is 2. The third kappa shape index (κ3) is 1.96. The van der Waals surface area contributed by atoms with E-state index < -0.39 is 5.79 Å². The van der Waals surface area contributed by atoms with E-state index in [1.54, 1.807) is 0 Å². The van der Waals surface area contributed by atoms with Gasteiger partial charge in [0.15, 0.2) is 5.79 Å². The van der Waals surface area contributed by atoms with E-state index >= 15 is 0 Å². The molecule has 4 aliphatic carbocycles. The molecule has 5 aliphatic rings. The second kappa shape index (κ2) is 4.88. The molecule has 0 aromatic carbocycles. The van der Waals surface area contributed by atoms with Gasteiger partial charge in [0.25, 0.3) is 0 Å². The lowest BCUT2D eigenvalue weighted by atomic mass is 9.44. The van der Waals surface area contributed by atoms with Gasteiger partial charge in [-0.15, -0.1) is 0 Å². The van der Waals surface area contributed by atoms with Crippen LogP contribution >= 0.6 is 0 Å². The smallest absolute Gasteiger partial charge is 0.163 e. The van der Waals surface area contributed by atoms with Gasteiger partial charge in [0.2, 0.25) is 0 Å². The first-order chi connectivity index (χ1) is 11.3. The summed E-state index contributed by atoms with van der Waals surface area (Å²) in [4.78, 5) is 0. The summed E-state index contributed by atoms with van der Waals surface area (Å²) < 4.78 is 13.2. The Morgan fingerprint density at radius 1 is 0.833 bits per heavy atom. The van der Waals surface area contributed by atoms with Crippen molar-refractivity contribution in [1.82, 2.24) is 0 Å². The van der Waals surface area contributed by atoms with Crippen molar-refractivity contribution in [1.29, 1.82) is 0 Å². The maximum Gasteiger partial charge on any atom is 0.163 e. The second-order valence-corrected chi connectivity index (χ2v) is 10.4. The normalized spacial score (nSPS) is 57.8. The van der Waals surface area contributed by atoms with Crippen molar-refractivity contribution in [2.75, 3.05) is 0 Å². The van der Waals surface area contributed by atoms with Crippen LogP contribution in [0.1, 0.15) is 72.6 Å². The molecule has 0 aromatic heterocycles. The van der Waals surface area contributed by atoms with E-state index in [9.17, 15) is 0 Å². The van der Waals surface area contributed by atoms with Gasteiger partial charge < -0.3 is 9.47 Å². The van der Waals surface area contributed by atoms with E-state index in [1.807, 2.05) is 0 Å². The fraction of sp³-hybridized carbons (Fsp3) is 0.909. The van der Waals surface area contributed by atoms with Gasteiger partial charge in [0.05, 0.1) is 12.2 Å². The number of hydrogen-bond donors (Lipinski definition) is 0. The Bertz CT molecular complexity index is 566. The highest BCUT2D eigenvalue weighted by Gasteiger charge is 2.66. The molecule has 0 spiro atoms. The monoisotopic (exact) mass is 330 g/mol. The molecule has 134 valence electrons. The summed E-state index contributed by atoms with van der Waals surface area (Å²) in [5, 5.41) is 0. The molecule has 1 heterocycles. The molecule has 3 saturated carbocycles. The molecule has 2 nitrogen and oxygen atoms in total. The minimum Gasteiger partial charge on any atom is -0.344 e. The summed E-state index contributed by atoms with van der Waals surface area (Å²) in [5.41, 5.74) is 0.872. The summed E-state index contributed by atoms with van der Waals surface area (Å²) in [6, 6.07) is 0. The van der Waals surface area contributed by atoms with Gasteiger partial charge in [-0.25, -0.2) is 0 Å². The third-order valence-electron chi connectivity index (χ3n) is 8.77. The Kier molecular flexibility index (Phi) is 3.23. The minimum atomic E-state index is -0.400. The molecular weight excluding hydrogens is 296 g/mol. The summed E-state index contributed by atoms with van der Waals surface area (Å²) in [7, 11) is 0. The van der Waals surface area contributed by atoms with Crippen LogP contribution in [0.4, 0.5) is 0 Å². The lowest BCUT2D eigenvalue weighted by Crippen LogP contribution is -2.62. The number of ether oxygens (including phenoxy) is 2. The van der Waals surface area contributed by atoms with Gasteiger partial charge in [-0.05, 0) is 80.5 Å². The van der Waals surface area contributed by atoms with Crippen molar-refractivity contribution in [2.45, 2.75) is 90.6 Å². The van der Waals surface area contributed by atoms with Gasteiger partial charge in [0, 0.05) is 0 Å². The van der Waals surface area contributed by atoms with Crippen molar-refractivity contribution < 1.29 is 9.47 Å². The standard InChI is InChI=1S/C22H34O2/c1-20(2)23-18-16-8-5-6-12-22(16,4)15-10-13-21(3)11-7-9-14(21)17(15)19(18)24-20/h7,11,14-19H,5-6,8-10,12-13H2,1-4H3/t14?,15?,16?,17?,18-,19-,21+,22-/m1/s1. The number of rotatable bonds is 0. The molecule has 8 atom stereocenters. The lowest BCUT2D eigenvalue weighted by Gasteiger charge is -2.62. The van der Waals surface area contributed by atoms with Crippen LogP contribution in [0.25, 0.3) is 0 Å². The van der Waals surface area contributed by atoms with E-state index in [0.29, 0.717) is 34.9 Å². The summed E-state index contributed by atoms with van der Waals surface area (Å²) in [6.07, 6.45) is 15.2. The summed E-state index contributed by atoms with van der Waals surface area (Å²) in [5.74, 6) is 2.59. The van der Waals surface area contributed by atoms with Crippen molar-refractivity contribution in [3.05, 3.63) is 12.2 Å². The first kappa shape index (κ1) is 15.9. The topological polar surface area (TPSA) is 18.5 Å². The average Bonchev–Trinajstić information content (AvgIpc) is 3.05. The van der Waals surface area contributed by atoms with Crippen LogP contribution in [0.2, 0.25) is 0 Å². The zero-order chi connectivity index (χ0) is 16.7. The predicted octanol–water partition coefficient (Wildman–Crippen LogP) is 5.33. The Hall–Kier alpha value is -0.340. The van der Waals surface area contributed by atoms with E-state index in [2.05, 4.69) is 39.8 Å². The Labute approximate surface area is 147 Å². The van der Waals surface area contributed by atoms with E-state index in [-0.39, 0.29) is 0 Å². The fourth-order valence-corrected chi connectivity index (χ4v) is 7.72. The van der Waals surface area contributed by atoms with Gasteiger partial charge in [-0.1, -0.05) is 38.8 Å². The molecule has 2 heteroatoms. The van der Waals surface area contributed by atoms with E-state index in [0.717, 1.165) is 11.8 Å². The van der Waals surface area contributed by atoms with Gasteiger partial charge in [0.1, 0.15) is 0 Å². The van der Waals surface area contributed by atoms with Crippen LogP contribution in [0.3, 0.4) is 0 Å². The number of hydrogen-bond acceptors (Lipinski definition) is 2. The van der Waals surface area contributed by atoms with Crippen LogP contribution in [0.15, 0.2) is 12.2 Å². The molecule has 1 aliphatic heterocycles. The van der Waals surface area contributed by atoms with Crippen molar-refractivity contribution in [2.24, 2.45) is 34.5 Å². The highest BCUT2D eigenvalue weighted by molar-refractivity contribution is 5.19. The highest BCUT2D eigenvalue weighted by atomic mass is 16.8. The first-order valence-electron chi connectivity index (χ1n) is 10.4. The van der Waals surface area contributed by atoms with Crippen LogP contribution in [-0.2, 0) is 9.47 Å². The van der Waals surface area contributed by atoms with Crippen LogP contribution < -0.4 is 0 Å². The van der Waals surface area contributed by atoms with Crippen molar-refractivity contribution in [3.8, 4) is 0 Å². The van der Waals surface area contributed by atoms with E-state index in [4.69, 9.17) is 9.47 Å². The van der Waals surface area contributed by atoms with Gasteiger partial charge in [-0.2, -0.15) is 0 Å². The van der Waals surface area contributed by atoms with Crippen LogP contribution in [-0.4, -0.2) is 18.0 Å². The SMILES string of the molecule is CC1(C)O[C@@H]2C3C(CC[C@]4(C)C=CCC34)[C@@]3(C)CCCCC3[C@H]2O1. The second-order valence-electron chi connectivity index (χ2n) is 10.4. The Morgan fingerprint density at radius 3 is 2.46 bits per heavy atom. The lowest BCUT2D eigenvalue weighted by molar-refractivity contribution is -0.171. The van der Waals surface area contributed by atoms with E-state index in [1.165, 1.54) is 44.9 Å². The zero-order valence-corrected chi connectivity index (χ0v) is 15.9. The molecule has 0 radical (unpaired) electrons. The maximum absolute atomic E-state index is 6.62. The first-order valence-corrected chi connectivity index (χ1v) is 10.4. The molecule has 0 bridgehead atoms. The Morgan fingerprint density at radius 2 is 1.62 bits per heavy atom. The molecule has 4 fully saturated rings. The fourth-order valence-electron chi connectivity index (χ4n) is 7.72. The van der Waals surface area contributed by atoms with Gasteiger partial charge >= 0.3 is 0 Å². The molecule has 24 heavy (non-hydrogen) atoms. The van der Waals surface area contributed by atoms with Crippen LogP contribution in [0.5, 0.6) is 0 Å². The van der Waals surface area contributed by atoms with Crippen molar-refractivity contribution in [3.63, 3.8) is 0 Å². The molecular formula is C22H34O2. The zero-order valence-electron chi connectivity index (χ0n) is 15.9. The molecule has 5 rings (SSSR count). The summed E-state index contributed by atoms with van der Waals surface area (Å²) >= 11 is 0. The number of fused-ring (bicyclic) bond motifs is 8. The highest BCUT2D eigenvalue weighted by Crippen LogP contribution is 2.67. The molecule has 4 unspecified atom stereocenters. The largest absolute Gasteiger partial charge is 0.344 e.